The molecular formula is C21H23N3O3. The molecule has 2 heterocycles. The number of rotatable bonds is 4. The summed E-state index contributed by atoms with van der Waals surface area (Å²) >= 11 is 0. The molecule has 2 aliphatic heterocycles. The van der Waals surface area contributed by atoms with E-state index in [-0.39, 0.29) is 5.91 Å². The lowest BCUT2D eigenvalue weighted by atomic mass is 10.00. The molecular weight excluding hydrogens is 342 g/mol. The zero-order valence-corrected chi connectivity index (χ0v) is 15.4. The van der Waals surface area contributed by atoms with Gasteiger partial charge in [-0.2, -0.15) is 0 Å². The Morgan fingerprint density at radius 2 is 1.96 bits per heavy atom. The van der Waals surface area contributed by atoms with Crippen LogP contribution in [0.15, 0.2) is 59.6 Å². The number of ether oxygens (including phenoxy) is 1. The molecule has 27 heavy (non-hydrogen) atoms. The topological polar surface area (TPSA) is 63.2 Å². The number of piperidine rings is 1. The van der Waals surface area contributed by atoms with Crippen molar-refractivity contribution in [2.75, 3.05) is 20.2 Å². The second kappa shape index (κ2) is 7.40. The van der Waals surface area contributed by atoms with Crippen LogP contribution in [0.3, 0.4) is 0 Å². The summed E-state index contributed by atoms with van der Waals surface area (Å²) in [5, 5.41) is 0. The van der Waals surface area contributed by atoms with E-state index in [0.29, 0.717) is 32.4 Å². The molecule has 0 unspecified atom stereocenters. The lowest BCUT2D eigenvalue weighted by Crippen LogP contribution is -2.47. The van der Waals surface area contributed by atoms with E-state index in [1.807, 2.05) is 59.5 Å². The van der Waals surface area contributed by atoms with Crippen LogP contribution in [0.25, 0.3) is 0 Å². The van der Waals surface area contributed by atoms with Crippen LogP contribution >= 0.6 is 0 Å². The summed E-state index contributed by atoms with van der Waals surface area (Å²) < 4.78 is 5.23. The number of hydroxylamine groups is 1. The smallest absolute Gasteiger partial charge is 0.226 e. The molecule has 0 atom stereocenters. The van der Waals surface area contributed by atoms with Crippen LogP contribution in [0.5, 0.6) is 5.75 Å². The minimum atomic E-state index is -0.572. The highest BCUT2D eigenvalue weighted by Gasteiger charge is 2.41. The molecule has 6 heteroatoms. The van der Waals surface area contributed by atoms with Crippen LogP contribution in [0, 0.1) is 0 Å². The minimum absolute atomic E-state index is 0.122. The number of carbonyl (C=O) groups is 1. The molecule has 2 aromatic carbocycles. The van der Waals surface area contributed by atoms with E-state index in [2.05, 4.69) is 5.48 Å². The molecule has 2 aromatic rings. The van der Waals surface area contributed by atoms with Crippen molar-refractivity contribution in [3.8, 4) is 5.75 Å². The fraction of sp³-hybridized carbons (Fsp3) is 0.333. The maximum absolute atomic E-state index is 12.6. The van der Waals surface area contributed by atoms with Gasteiger partial charge in [-0.1, -0.05) is 42.5 Å². The van der Waals surface area contributed by atoms with Crippen molar-refractivity contribution in [2.24, 2.45) is 4.99 Å². The molecule has 0 aromatic heterocycles. The molecule has 0 saturated carbocycles. The lowest BCUT2D eigenvalue weighted by Gasteiger charge is -2.35. The Labute approximate surface area is 158 Å². The van der Waals surface area contributed by atoms with E-state index >= 15 is 0 Å². The normalized spacial score (nSPS) is 18.1. The molecule has 140 valence electrons. The van der Waals surface area contributed by atoms with E-state index in [9.17, 15) is 4.79 Å². The molecule has 6 nitrogen and oxygen atoms in total. The summed E-state index contributed by atoms with van der Waals surface area (Å²) in [5.41, 5.74) is 4.36. The molecule has 1 fully saturated rings. The Kier molecular flexibility index (Phi) is 4.81. The SMILES string of the molecule is COc1cccc(CC(=O)N2CCC3(CC2)N=C(c2ccccc2)NO3)c1. The molecule has 0 bridgehead atoms. The van der Waals surface area contributed by atoms with Crippen molar-refractivity contribution < 1.29 is 14.4 Å². The van der Waals surface area contributed by atoms with Gasteiger partial charge in [-0.05, 0) is 17.7 Å². The first-order chi connectivity index (χ1) is 13.2. The van der Waals surface area contributed by atoms with Gasteiger partial charge in [0.15, 0.2) is 11.6 Å². The highest BCUT2D eigenvalue weighted by molar-refractivity contribution is 5.99. The van der Waals surface area contributed by atoms with E-state index in [1.54, 1.807) is 7.11 Å². The van der Waals surface area contributed by atoms with Crippen molar-refractivity contribution >= 4 is 11.7 Å². The molecule has 2 aliphatic rings. The van der Waals surface area contributed by atoms with Crippen LogP contribution in [0.4, 0.5) is 0 Å². The number of amides is 1. The van der Waals surface area contributed by atoms with Gasteiger partial charge in [0.05, 0.1) is 13.5 Å². The molecule has 1 saturated heterocycles. The van der Waals surface area contributed by atoms with Gasteiger partial charge in [0.25, 0.3) is 0 Å². The average Bonchev–Trinajstić information content (AvgIpc) is 3.13. The van der Waals surface area contributed by atoms with Crippen LogP contribution in [-0.4, -0.2) is 42.6 Å². The first kappa shape index (κ1) is 17.5. The van der Waals surface area contributed by atoms with E-state index in [4.69, 9.17) is 14.6 Å². The first-order valence-electron chi connectivity index (χ1n) is 9.17. The quantitative estimate of drug-likeness (QED) is 0.904. The minimum Gasteiger partial charge on any atom is -0.497 e. The standard InChI is InChI=1S/C21H23N3O3/c1-26-18-9-5-6-16(14-18)15-19(25)24-12-10-21(11-13-24)22-20(23-27-21)17-7-3-2-4-8-17/h2-9,14H,10-13,15H2,1H3,(H,22,23). The number of likely N-dealkylation sites (tertiary alicyclic amines) is 1. The Bertz CT molecular complexity index is 843. The highest BCUT2D eigenvalue weighted by Crippen LogP contribution is 2.31. The second-order valence-corrected chi connectivity index (χ2v) is 6.89. The fourth-order valence-corrected chi connectivity index (χ4v) is 3.50. The van der Waals surface area contributed by atoms with Gasteiger partial charge in [-0.15, -0.1) is 0 Å². The highest BCUT2D eigenvalue weighted by atomic mass is 16.7. The van der Waals surface area contributed by atoms with Crippen molar-refractivity contribution in [3.63, 3.8) is 0 Å². The number of nitrogens with one attached hydrogen (secondary N) is 1. The Balaban J connectivity index is 1.37. The van der Waals surface area contributed by atoms with Gasteiger partial charge in [-0.3, -0.25) is 4.79 Å². The fourth-order valence-electron chi connectivity index (χ4n) is 3.50. The van der Waals surface area contributed by atoms with Crippen molar-refractivity contribution in [2.45, 2.75) is 25.0 Å². The maximum atomic E-state index is 12.6. The summed E-state index contributed by atoms with van der Waals surface area (Å²) in [4.78, 5) is 25.1. The summed E-state index contributed by atoms with van der Waals surface area (Å²) in [6.45, 7) is 1.27. The summed E-state index contributed by atoms with van der Waals surface area (Å²) in [6.07, 6.45) is 1.74. The van der Waals surface area contributed by atoms with Gasteiger partial charge in [0.2, 0.25) is 5.91 Å². The summed E-state index contributed by atoms with van der Waals surface area (Å²) in [5.74, 6) is 1.65. The largest absolute Gasteiger partial charge is 0.497 e. The number of benzene rings is 2. The number of carbonyl (C=O) groups excluding carboxylic acids is 1. The van der Waals surface area contributed by atoms with Crippen molar-refractivity contribution in [1.82, 2.24) is 10.4 Å². The Morgan fingerprint density at radius 3 is 2.70 bits per heavy atom. The Morgan fingerprint density at radius 1 is 1.19 bits per heavy atom. The van der Waals surface area contributed by atoms with Crippen LogP contribution in [0.1, 0.15) is 24.0 Å². The molecule has 1 spiro atoms. The van der Waals surface area contributed by atoms with E-state index in [0.717, 1.165) is 22.7 Å². The second-order valence-electron chi connectivity index (χ2n) is 6.89. The molecule has 1 amide bonds. The number of methoxy groups -OCH3 is 1. The third kappa shape index (κ3) is 3.80. The van der Waals surface area contributed by atoms with Gasteiger partial charge in [0, 0.05) is 31.5 Å². The third-order valence-electron chi connectivity index (χ3n) is 5.09. The average molecular weight is 365 g/mol. The monoisotopic (exact) mass is 365 g/mol. The molecule has 1 N–H and O–H groups in total. The van der Waals surface area contributed by atoms with Crippen molar-refractivity contribution in [3.05, 3.63) is 65.7 Å². The number of nitrogens with zero attached hydrogens (tertiary/aromatic N) is 2. The number of aliphatic imine (C=N–C) groups is 1. The van der Waals surface area contributed by atoms with Gasteiger partial charge in [-0.25, -0.2) is 15.3 Å². The van der Waals surface area contributed by atoms with E-state index < -0.39 is 5.72 Å². The summed E-state index contributed by atoms with van der Waals surface area (Å²) in [7, 11) is 1.63. The Hall–Kier alpha value is -2.86. The van der Waals surface area contributed by atoms with Gasteiger partial charge in [0.1, 0.15) is 5.75 Å². The van der Waals surface area contributed by atoms with Crippen LogP contribution in [-0.2, 0) is 16.1 Å². The zero-order valence-electron chi connectivity index (χ0n) is 15.4. The van der Waals surface area contributed by atoms with Crippen molar-refractivity contribution in [1.29, 1.82) is 0 Å². The van der Waals surface area contributed by atoms with Crippen LogP contribution in [0.2, 0.25) is 0 Å². The first-order valence-corrected chi connectivity index (χ1v) is 9.17. The van der Waals surface area contributed by atoms with E-state index in [1.165, 1.54) is 0 Å². The lowest BCUT2D eigenvalue weighted by molar-refractivity contribution is -0.138. The maximum Gasteiger partial charge on any atom is 0.226 e. The predicted octanol–water partition coefficient (Wildman–Crippen LogP) is 2.54. The summed E-state index contributed by atoms with van der Waals surface area (Å²) in [6, 6.07) is 17.6. The van der Waals surface area contributed by atoms with Gasteiger partial charge >= 0.3 is 0 Å². The number of hydrogen-bond donors (Lipinski definition) is 1. The third-order valence-corrected chi connectivity index (χ3v) is 5.09. The zero-order chi connectivity index (χ0) is 18.7. The molecule has 0 radical (unpaired) electrons. The molecule has 0 aliphatic carbocycles. The molecule has 4 rings (SSSR count). The van der Waals surface area contributed by atoms with Crippen LogP contribution < -0.4 is 10.2 Å². The number of amidine groups is 1. The van der Waals surface area contributed by atoms with Gasteiger partial charge < -0.3 is 9.64 Å². The number of hydrogen-bond acceptors (Lipinski definition) is 5. The predicted molar refractivity (Wildman–Crippen MR) is 102 cm³/mol.